The lowest BCUT2D eigenvalue weighted by atomic mass is 9.96. The molecule has 138 valence electrons. The van der Waals surface area contributed by atoms with Crippen molar-refractivity contribution in [3.05, 3.63) is 53.8 Å². The predicted octanol–water partition coefficient (Wildman–Crippen LogP) is 2.33. The van der Waals surface area contributed by atoms with Crippen molar-refractivity contribution in [3.63, 3.8) is 0 Å². The first-order valence-electron chi connectivity index (χ1n) is 8.76. The molecule has 2 aromatic heterocycles. The zero-order valence-electron chi connectivity index (χ0n) is 14.6. The maximum Gasteiger partial charge on any atom is 0.273 e. The molecule has 0 saturated carbocycles. The lowest BCUT2D eigenvalue weighted by molar-refractivity contribution is -0.123. The van der Waals surface area contributed by atoms with E-state index >= 15 is 0 Å². The van der Waals surface area contributed by atoms with Gasteiger partial charge in [-0.25, -0.2) is 9.67 Å². The van der Waals surface area contributed by atoms with E-state index in [9.17, 15) is 9.59 Å². The van der Waals surface area contributed by atoms with E-state index in [2.05, 4.69) is 10.1 Å². The van der Waals surface area contributed by atoms with Gasteiger partial charge in [0.05, 0.1) is 11.9 Å². The summed E-state index contributed by atoms with van der Waals surface area (Å²) >= 11 is 1.42. The monoisotopic (exact) mass is 381 g/mol. The van der Waals surface area contributed by atoms with Gasteiger partial charge in [-0.1, -0.05) is 18.2 Å². The van der Waals surface area contributed by atoms with Crippen LogP contribution in [0.15, 0.2) is 48.1 Å². The van der Waals surface area contributed by atoms with E-state index in [1.54, 1.807) is 21.2 Å². The Morgan fingerprint density at radius 2 is 1.89 bits per heavy atom. The number of aromatic nitrogens is 3. The maximum absolute atomic E-state index is 12.7. The van der Waals surface area contributed by atoms with Crippen molar-refractivity contribution in [2.24, 2.45) is 11.7 Å². The van der Waals surface area contributed by atoms with Gasteiger partial charge >= 0.3 is 0 Å². The van der Waals surface area contributed by atoms with E-state index < -0.39 is 0 Å². The average molecular weight is 381 g/mol. The van der Waals surface area contributed by atoms with Gasteiger partial charge in [0.15, 0.2) is 0 Å². The van der Waals surface area contributed by atoms with Gasteiger partial charge in [-0.15, -0.1) is 11.3 Å². The molecule has 2 N–H and O–H groups in total. The molecule has 4 rings (SSSR count). The molecule has 1 fully saturated rings. The van der Waals surface area contributed by atoms with Crippen LogP contribution < -0.4 is 5.73 Å². The number of nitrogens with zero attached hydrogens (tertiary/aromatic N) is 4. The Labute approximate surface area is 160 Å². The maximum atomic E-state index is 12.7. The number of likely N-dealkylation sites (tertiary alicyclic amines) is 1. The number of amides is 2. The number of para-hydroxylation sites is 1. The fourth-order valence-electron chi connectivity index (χ4n) is 3.19. The molecule has 27 heavy (non-hydrogen) atoms. The Morgan fingerprint density at radius 3 is 2.59 bits per heavy atom. The van der Waals surface area contributed by atoms with E-state index in [0.717, 1.165) is 16.3 Å². The Morgan fingerprint density at radius 1 is 1.15 bits per heavy atom. The van der Waals surface area contributed by atoms with Crippen molar-refractivity contribution in [2.45, 2.75) is 12.8 Å². The summed E-state index contributed by atoms with van der Waals surface area (Å²) in [6, 6.07) is 9.82. The topological polar surface area (TPSA) is 94.1 Å². The third kappa shape index (κ3) is 3.61. The van der Waals surface area contributed by atoms with Crippen molar-refractivity contribution < 1.29 is 9.59 Å². The molecule has 1 saturated heterocycles. The summed E-state index contributed by atoms with van der Waals surface area (Å²) in [4.78, 5) is 30.2. The number of piperidine rings is 1. The summed E-state index contributed by atoms with van der Waals surface area (Å²) in [5.74, 6) is -0.520. The highest BCUT2D eigenvalue weighted by atomic mass is 32.1. The lowest BCUT2D eigenvalue weighted by Gasteiger charge is -2.30. The van der Waals surface area contributed by atoms with Crippen molar-refractivity contribution in [1.82, 2.24) is 19.7 Å². The molecule has 0 radical (unpaired) electrons. The second-order valence-electron chi connectivity index (χ2n) is 6.52. The number of carbonyl (C=O) groups excluding carboxylic acids is 2. The standard InChI is InChI=1S/C19H19N5O2S/c20-17(25)13-6-8-23(9-7-13)19(26)16-12-27-18(22-16)14-10-21-24(11-14)15-4-2-1-3-5-15/h1-5,10-13H,6-9H2,(H2,20,25). The number of rotatable bonds is 4. The number of thiazole rings is 1. The molecule has 2 amide bonds. The molecule has 0 spiro atoms. The Bertz CT molecular complexity index is 957. The van der Waals surface area contributed by atoms with E-state index in [0.29, 0.717) is 31.6 Å². The molecule has 0 unspecified atom stereocenters. The van der Waals surface area contributed by atoms with Gasteiger partial charge in [-0.05, 0) is 25.0 Å². The van der Waals surface area contributed by atoms with E-state index in [-0.39, 0.29) is 17.7 Å². The van der Waals surface area contributed by atoms with Gasteiger partial charge in [-0.2, -0.15) is 5.10 Å². The normalized spacial score (nSPS) is 15.0. The molecule has 7 nitrogen and oxygen atoms in total. The van der Waals surface area contributed by atoms with Crippen molar-refractivity contribution in [1.29, 1.82) is 0 Å². The molecule has 8 heteroatoms. The highest BCUT2D eigenvalue weighted by molar-refractivity contribution is 7.13. The Hall–Kier alpha value is -3.00. The van der Waals surface area contributed by atoms with Crippen LogP contribution in [-0.2, 0) is 4.79 Å². The smallest absolute Gasteiger partial charge is 0.273 e. The quantitative estimate of drug-likeness (QED) is 0.750. The van der Waals surface area contributed by atoms with Gasteiger partial charge in [0.25, 0.3) is 5.91 Å². The van der Waals surface area contributed by atoms with Crippen LogP contribution in [0.2, 0.25) is 0 Å². The molecule has 1 aliphatic heterocycles. The molecule has 0 atom stereocenters. The van der Waals surface area contributed by atoms with Crippen LogP contribution >= 0.6 is 11.3 Å². The third-order valence-corrected chi connectivity index (χ3v) is 5.65. The zero-order valence-corrected chi connectivity index (χ0v) is 15.4. The van der Waals surface area contributed by atoms with Crippen LogP contribution in [0.3, 0.4) is 0 Å². The van der Waals surface area contributed by atoms with Crippen LogP contribution in [-0.4, -0.2) is 44.6 Å². The second kappa shape index (κ2) is 7.32. The summed E-state index contributed by atoms with van der Waals surface area (Å²) in [5, 5.41) is 6.91. The summed E-state index contributed by atoms with van der Waals surface area (Å²) in [5.41, 5.74) is 7.62. The van der Waals surface area contributed by atoms with Crippen LogP contribution in [0.25, 0.3) is 16.3 Å². The minimum absolute atomic E-state index is 0.101. The number of nitrogens with two attached hydrogens (primary N) is 1. The minimum Gasteiger partial charge on any atom is -0.369 e. The SMILES string of the molecule is NC(=O)C1CCN(C(=O)c2csc(-c3cnn(-c4ccccc4)c3)n2)CC1. The zero-order chi connectivity index (χ0) is 18.8. The minimum atomic E-state index is -0.284. The molecule has 3 heterocycles. The number of hydrogen-bond donors (Lipinski definition) is 1. The predicted molar refractivity (Wildman–Crippen MR) is 102 cm³/mol. The Balaban J connectivity index is 1.47. The molecule has 0 bridgehead atoms. The van der Waals surface area contributed by atoms with Crippen LogP contribution in [0, 0.1) is 5.92 Å². The first kappa shape index (κ1) is 17.4. The van der Waals surface area contributed by atoms with Crippen LogP contribution in [0.5, 0.6) is 0 Å². The van der Waals surface area contributed by atoms with Crippen molar-refractivity contribution >= 4 is 23.2 Å². The summed E-state index contributed by atoms with van der Waals surface area (Å²) in [7, 11) is 0. The largest absolute Gasteiger partial charge is 0.369 e. The fourth-order valence-corrected chi connectivity index (χ4v) is 3.96. The summed E-state index contributed by atoms with van der Waals surface area (Å²) < 4.78 is 1.78. The van der Waals surface area contributed by atoms with Crippen LogP contribution in [0.4, 0.5) is 0 Å². The lowest BCUT2D eigenvalue weighted by Crippen LogP contribution is -2.41. The van der Waals surface area contributed by atoms with Crippen molar-refractivity contribution in [2.75, 3.05) is 13.1 Å². The highest BCUT2D eigenvalue weighted by Crippen LogP contribution is 2.26. The summed E-state index contributed by atoms with van der Waals surface area (Å²) in [6.45, 7) is 1.07. The van der Waals surface area contributed by atoms with E-state index in [1.165, 1.54) is 11.3 Å². The van der Waals surface area contributed by atoms with E-state index in [4.69, 9.17) is 5.73 Å². The first-order chi connectivity index (χ1) is 13.1. The first-order valence-corrected chi connectivity index (χ1v) is 9.64. The summed E-state index contributed by atoms with van der Waals surface area (Å²) in [6.07, 6.45) is 4.88. The average Bonchev–Trinajstić information content (AvgIpc) is 3.38. The number of hydrogen-bond acceptors (Lipinski definition) is 5. The third-order valence-electron chi connectivity index (χ3n) is 4.76. The van der Waals surface area contributed by atoms with Gasteiger partial charge in [0.2, 0.25) is 5.91 Å². The van der Waals surface area contributed by atoms with Crippen molar-refractivity contribution in [3.8, 4) is 16.3 Å². The van der Waals surface area contributed by atoms with Gasteiger partial charge in [0.1, 0.15) is 10.7 Å². The molecule has 3 aromatic rings. The van der Waals surface area contributed by atoms with Gasteiger partial charge in [-0.3, -0.25) is 9.59 Å². The number of primary amides is 1. The molecule has 1 aromatic carbocycles. The number of carbonyl (C=O) groups is 2. The second-order valence-corrected chi connectivity index (χ2v) is 7.37. The van der Waals surface area contributed by atoms with Gasteiger partial charge < -0.3 is 10.6 Å². The van der Waals surface area contributed by atoms with Gasteiger partial charge in [0, 0.05) is 36.1 Å². The Kier molecular flexibility index (Phi) is 4.72. The van der Waals surface area contributed by atoms with Crippen LogP contribution in [0.1, 0.15) is 23.3 Å². The molecular weight excluding hydrogens is 362 g/mol. The van der Waals surface area contributed by atoms with E-state index in [1.807, 2.05) is 36.5 Å². The molecular formula is C19H19N5O2S. The molecule has 0 aliphatic carbocycles. The highest BCUT2D eigenvalue weighted by Gasteiger charge is 2.27. The number of benzene rings is 1. The fraction of sp³-hybridized carbons (Fsp3) is 0.263. The molecule has 1 aliphatic rings.